The molecule has 1 spiro atoms. The number of nitrogens with zero attached hydrogens (tertiary/aromatic N) is 2. The summed E-state index contributed by atoms with van der Waals surface area (Å²) in [5.74, 6) is -2.00. The Bertz CT molecular complexity index is 1110. The number of hydrogen-bond acceptors (Lipinski definition) is 6. The summed E-state index contributed by atoms with van der Waals surface area (Å²) < 4.78 is 4.50. The number of fused-ring (bicyclic) bond motifs is 1. The molecule has 4 rings (SSSR count). The second-order valence-electron chi connectivity index (χ2n) is 10.8. The molecule has 0 saturated carbocycles. The number of halogens is 1. The number of amides is 2. The third-order valence-corrected chi connectivity index (χ3v) is 10.6. The van der Waals surface area contributed by atoms with E-state index >= 15 is 0 Å². The zero-order valence-electron chi connectivity index (χ0n) is 22.6. The second-order valence-corrected chi connectivity index (χ2v) is 13.1. The number of likely N-dealkylation sites (tertiary alicyclic amines) is 1. The van der Waals surface area contributed by atoms with E-state index in [-0.39, 0.29) is 30.9 Å². The van der Waals surface area contributed by atoms with Crippen molar-refractivity contribution in [2.45, 2.75) is 67.4 Å². The highest BCUT2D eigenvalue weighted by Crippen LogP contribution is 2.71. The summed E-state index contributed by atoms with van der Waals surface area (Å²) in [4.78, 5) is 45.4. The summed E-state index contributed by atoms with van der Waals surface area (Å²) in [6.07, 6.45) is 8.43. The molecule has 3 fully saturated rings. The van der Waals surface area contributed by atoms with Crippen LogP contribution in [0.25, 0.3) is 0 Å². The van der Waals surface area contributed by atoms with Crippen molar-refractivity contribution in [2.75, 3.05) is 31.2 Å². The van der Waals surface area contributed by atoms with Crippen LogP contribution in [0.3, 0.4) is 0 Å². The minimum Gasteiger partial charge on any atom is -0.465 e. The van der Waals surface area contributed by atoms with Crippen LogP contribution in [0.1, 0.15) is 51.9 Å². The molecule has 2 unspecified atom stereocenters. The molecule has 212 valence electrons. The molecule has 2 amide bonds. The molecule has 2 bridgehead atoms. The molecule has 0 aromatic heterocycles. The quantitative estimate of drug-likeness (QED) is 0.191. The van der Waals surface area contributed by atoms with Crippen molar-refractivity contribution < 1.29 is 24.2 Å². The van der Waals surface area contributed by atoms with E-state index in [4.69, 9.17) is 16.3 Å². The zero-order valence-corrected chi connectivity index (χ0v) is 24.2. The summed E-state index contributed by atoms with van der Waals surface area (Å²) in [6.45, 7) is 10.5. The summed E-state index contributed by atoms with van der Waals surface area (Å²) in [5, 5.41) is 9.83. The largest absolute Gasteiger partial charge is 0.465 e. The molecule has 1 aromatic carbocycles. The summed E-state index contributed by atoms with van der Waals surface area (Å²) in [5.41, 5.74) is 0.561. The van der Waals surface area contributed by atoms with Crippen LogP contribution in [0.4, 0.5) is 5.69 Å². The lowest BCUT2D eigenvalue weighted by atomic mass is 9.66. The van der Waals surface area contributed by atoms with Crippen LogP contribution in [0.2, 0.25) is 5.02 Å². The van der Waals surface area contributed by atoms with E-state index in [0.29, 0.717) is 43.1 Å². The molecule has 0 radical (unpaired) electrons. The Morgan fingerprint density at radius 1 is 1.21 bits per heavy atom. The number of benzene rings is 1. The molecular weight excluding hydrogens is 536 g/mol. The minimum absolute atomic E-state index is 0.00501. The number of thioether (sulfide) groups is 1. The van der Waals surface area contributed by atoms with Crippen LogP contribution in [-0.4, -0.2) is 69.6 Å². The third-order valence-electron chi connectivity index (χ3n) is 8.34. The van der Waals surface area contributed by atoms with Crippen molar-refractivity contribution in [3.63, 3.8) is 0 Å². The molecule has 1 aromatic rings. The molecule has 3 heterocycles. The number of aliphatic hydroxyl groups is 1. The first-order valence-electron chi connectivity index (χ1n) is 13.8. The Kier molecular flexibility index (Phi) is 9.50. The van der Waals surface area contributed by atoms with E-state index in [1.54, 1.807) is 45.8 Å². The van der Waals surface area contributed by atoms with Gasteiger partial charge in [0.2, 0.25) is 5.91 Å². The molecule has 9 heteroatoms. The fourth-order valence-corrected chi connectivity index (χ4v) is 9.18. The molecule has 5 atom stereocenters. The monoisotopic (exact) mass is 574 g/mol. The maximum Gasteiger partial charge on any atom is 0.311 e. The van der Waals surface area contributed by atoms with Gasteiger partial charge in [-0.2, -0.15) is 0 Å². The Hall–Kier alpha value is -2.29. The predicted octanol–water partition coefficient (Wildman–Crippen LogP) is 5.01. The van der Waals surface area contributed by atoms with Crippen molar-refractivity contribution >= 4 is 46.8 Å². The molecule has 7 nitrogen and oxygen atoms in total. The highest BCUT2D eigenvalue weighted by atomic mass is 35.5. The van der Waals surface area contributed by atoms with Gasteiger partial charge in [-0.3, -0.25) is 14.4 Å². The summed E-state index contributed by atoms with van der Waals surface area (Å²) >= 11 is 8.14. The fourth-order valence-electron chi connectivity index (χ4n) is 6.60. The first-order valence-corrected chi connectivity index (χ1v) is 15.0. The first kappa shape index (κ1) is 29.7. The Balaban J connectivity index is 1.69. The van der Waals surface area contributed by atoms with E-state index in [9.17, 15) is 19.5 Å². The SMILES string of the molecule is C=CCCCCOC(=O)[C@H]1[C@H]2C(=O)N(CCCCO)C(C(=O)N(CC=C)c3ccccc3Cl)C23CC[C@]1(C)S3. The van der Waals surface area contributed by atoms with E-state index < -0.39 is 27.4 Å². The zero-order chi connectivity index (χ0) is 28.2. The molecule has 1 N–H and O–H groups in total. The maximum atomic E-state index is 14.5. The van der Waals surface area contributed by atoms with Crippen molar-refractivity contribution in [1.29, 1.82) is 0 Å². The number of carbonyl (C=O) groups excluding carboxylic acids is 3. The van der Waals surface area contributed by atoms with Gasteiger partial charge in [0.1, 0.15) is 6.04 Å². The van der Waals surface area contributed by atoms with Gasteiger partial charge in [-0.15, -0.1) is 24.9 Å². The van der Waals surface area contributed by atoms with Crippen LogP contribution >= 0.6 is 23.4 Å². The minimum atomic E-state index is -0.762. The molecule has 3 aliphatic rings. The maximum absolute atomic E-state index is 14.5. The van der Waals surface area contributed by atoms with Crippen LogP contribution in [-0.2, 0) is 19.1 Å². The van der Waals surface area contributed by atoms with Gasteiger partial charge in [-0.05, 0) is 64.0 Å². The molecule has 39 heavy (non-hydrogen) atoms. The number of para-hydroxylation sites is 1. The number of aliphatic hydroxyl groups excluding tert-OH is 1. The number of anilines is 1. The number of ether oxygens (including phenoxy) is 1. The van der Waals surface area contributed by atoms with Gasteiger partial charge in [-0.1, -0.05) is 35.9 Å². The lowest BCUT2D eigenvalue weighted by molar-refractivity contribution is -0.155. The topological polar surface area (TPSA) is 87.1 Å². The van der Waals surface area contributed by atoms with E-state index in [1.165, 1.54) is 0 Å². The molecular formula is C30H39ClN2O5S. The van der Waals surface area contributed by atoms with Crippen molar-refractivity contribution in [3.8, 4) is 0 Å². The Morgan fingerprint density at radius 3 is 2.67 bits per heavy atom. The first-order chi connectivity index (χ1) is 18.8. The van der Waals surface area contributed by atoms with Gasteiger partial charge < -0.3 is 19.6 Å². The number of esters is 1. The second kappa shape index (κ2) is 12.5. The highest BCUT2D eigenvalue weighted by molar-refractivity contribution is 8.02. The van der Waals surface area contributed by atoms with Gasteiger partial charge >= 0.3 is 5.97 Å². The van der Waals surface area contributed by atoms with Gasteiger partial charge in [0.25, 0.3) is 5.91 Å². The Labute approximate surface area is 240 Å². The lowest BCUT2D eigenvalue weighted by Crippen LogP contribution is -2.55. The van der Waals surface area contributed by atoms with Gasteiger partial charge in [-0.25, -0.2) is 0 Å². The Morgan fingerprint density at radius 2 is 1.97 bits per heavy atom. The van der Waals surface area contributed by atoms with Crippen LogP contribution in [0, 0.1) is 11.8 Å². The van der Waals surface area contributed by atoms with E-state index in [2.05, 4.69) is 13.2 Å². The fraction of sp³-hybridized carbons (Fsp3) is 0.567. The van der Waals surface area contributed by atoms with Gasteiger partial charge in [0.15, 0.2) is 0 Å². The van der Waals surface area contributed by atoms with Crippen molar-refractivity contribution in [1.82, 2.24) is 4.90 Å². The molecule has 3 saturated heterocycles. The van der Waals surface area contributed by atoms with Crippen LogP contribution < -0.4 is 4.90 Å². The number of allylic oxidation sites excluding steroid dienone is 1. The van der Waals surface area contributed by atoms with Gasteiger partial charge in [0, 0.05) is 24.4 Å². The smallest absolute Gasteiger partial charge is 0.311 e. The van der Waals surface area contributed by atoms with Crippen LogP contribution in [0.5, 0.6) is 0 Å². The van der Waals surface area contributed by atoms with Crippen molar-refractivity contribution in [3.05, 3.63) is 54.6 Å². The molecule has 3 aliphatic heterocycles. The van der Waals surface area contributed by atoms with E-state index in [0.717, 1.165) is 25.7 Å². The highest BCUT2D eigenvalue weighted by Gasteiger charge is 2.77. The van der Waals surface area contributed by atoms with E-state index in [1.807, 2.05) is 19.1 Å². The average Bonchev–Trinajstić information content (AvgIpc) is 3.48. The summed E-state index contributed by atoms with van der Waals surface area (Å²) in [7, 11) is 0. The summed E-state index contributed by atoms with van der Waals surface area (Å²) in [6, 6.07) is 6.39. The van der Waals surface area contributed by atoms with Crippen LogP contribution in [0.15, 0.2) is 49.6 Å². The average molecular weight is 575 g/mol. The number of rotatable bonds is 14. The number of hydrogen-bond donors (Lipinski definition) is 1. The molecule has 0 aliphatic carbocycles. The third kappa shape index (κ3) is 5.40. The van der Waals surface area contributed by atoms with Crippen molar-refractivity contribution in [2.24, 2.45) is 11.8 Å². The normalized spacial score (nSPS) is 28.8. The predicted molar refractivity (Wildman–Crippen MR) is 156 cm³/mol. The standard InChI is InChI=1S/C30H39ClN2O5S/c1-4-6-7-12-20-38-28(37)24-23-26(35)33(18-10-11-19-34)25(30(23)16-15-29(24,3)39-30)27(36)32(17-5-2)22-14-9-8-13-21(22)31/h4-5,8-9,13-14,23-25,34H,1-2,6-7,10-12,15-20H2,3H3/t23-,24+,25?,29-,30?/m0/s1. The lowest BCUT2D eigenvalue weighted by Gasteiger charge is -2.37. The number of unbranched alkanes of at least 4 members (excludes halogenated alkanes) is 3. The van der Waals surface area contributed by atoms with Gasteiger partial charge in [0.05, 0.1) is 33.9 Å². The number of carbonyl (C=O) groups is 3.